The number of rotatable bonds is 2. The maximum absolute atomic E-state index is 10.3. The van der Waals surface area contributed by atoms with Gasteiger partial charge in [-0.3, -0.25) is 5.32 Å². The van der Waals surface area contributed by atoms with Crippen LogP contribution in [0.2, 0.25) is 0 Å². The van der Waals surface area contributed by atoms with Crippen LogP contribution in [0.3, 0.4) is 0 Å². The predicted octanol–water partition coefficient (Wildman–Crippen LogP) is 3.42. The zero-order chi connectivity index (χ0) is 15.1. The Morgan fingerprint density at radius 2 is 1.29 bits per heavy atom. The molecule has 2 aliphatic carbocycles. The Labute approximate surface area is 131 Å². The smallest absolute Gasteiger partial charge is 0.120 e. The molecule has 1 heterocycles. The van der Waals surface area contributed by atoms with E-state index in [1.54, 1.807) is 0 Å². The molecule has 3 atom stereocenters. The molecule has 3 heteroatoms. The first-order chi connectivity index (χ1) is 10.3. The molecule has 0 spiro atoms. The summed E-state index contributed by atoms with van der Waals surface area (Å²) in [6.45, 7) is 4.95. The molecule has 3 N–H and O–H groups in total. The Bertz CT molecular complexity index is 272. The molecule has 3 fully saturated rings. The zero-order valence-electron chi connectivity index (χ0n) is 14.1. The number of nitrogens with one attached hydrogen (secondary N) is 2. The highest BCUT2D eigenvalue weighted by molar-refractivity contribution is 4.94. The average Bonchev–Trinajstić information content (AvgIpc) is 2.59. The molecule has 1 saturated heterocycles. The van der Waals surface area contributed by atoms with Gasteiger partial charge < -0.3 is 10.4 Å². The zero-order valence-corrected chi connectivity index (χ0v) is 14.1. The highest BCUT2D eigenvalue weighted by Crippen LogP contribution is 2.32. The van der Waals surface area contributed by atoms with E-state index in [1.807, 2.05) is 13.8 Å². The maximum Gasteiger partial charge on any atom is 0.120 e. The molecule has 124 valence electrons. The quantitative estimate of drug-likeness (QED) is 0.731. The molecule has 21 heavy (non-hydrogen) atoms. The lowest BCUT2D eigenvalue weighted by Crippen LogP contribution is -2.65. The minimum absolute atomic E-state index is 0.293. The lowest BCUT2D eigenvalue weighted by atomic mass is 9.79. The predicted molar refractivity (Wildman–Crippen MR) is 89.2 cm³/mol. The van der Waals surface area contributed by atoms with Crippen molar-refractivity contribution in [3.8, 4) is 0 Å². The van der Waals surface area contributed by atoms with Crippen molar-refractivity contribution in [2.75, 3.05) is 6.54 Å². The molecule has 3 nitrogen and oxygen atoms in total. The van der Waals surface area contributed by atoms with E-state index in [9.17, 15) is 5.11 Å². The number of aliphatic hydroxyl groups is 1. The fourth-order valence-corrected chi connectivity index (χ4v) is 4.50. The first-order valence-corrected chi connectivity index (χ1v) is 9.52. The van der Waals surface area contributed by atoms with Gasteiger partial charge in [-0.15, -0.1) is 0 Å². The van der Waals surface area contributed by atoms with E-state index in [2.05, 4.69) is 10.6 Å². The summed E-state index contributed by atoms with van der Waals surface area (Å²) in [5.41, 5.74) is 0. The Kier molecular flexibility index (Phi) is 7.48. The molecule has 3 rings (SSSR count). The molecular formula is C18H36N2O. The Hall–Kier alpha value is -0.120. The third kappa shape index (κ3) is 4.67. The molecule has 0 bridgehead atoms. The molecule has 3 aliphatic rings. The van der Waals surface area contributed by atoms with Crippen LogP contribution in [0, 0.1) is 11.8 Å². The van der Waals surface area contributed by atoms with Gasteiger partial charge in [0, 0.05) is 18.6 Å². The summed E-state index contributed by atoms with van der Waals surface area (Å²) in [6.07, 6.45) is 13.3. The standard InChI is InChI=1S/C16H30N2O.C2H6/c19-16-15(13-9-5-2-6-10-13)18-14(11-17-16)12-7-3-1-4-8-12;1-2/h12-19H,1-11H2;1-2H3. The number of aliphatic hydroxyl groups excluding tert-OH is 1. The highest BCUT2D eigenvalue weighted by atomic mass is 16.3. The van der Waals surface area contributed by atoms with Crippen LogP contribution in [-0.2, 0) is 0 Å². The van der Waals surface area contributed by atoms with E-state index in [4.69, 9.17) is 0 Å². The van der Waals surface area contributed by atoms with E-state index < -0.39 is 0 Å². The first-order valence-electron chi connectivity index (χ1n) is 9.52. The van der Waals surface area contributed by atoms with Gasteiger partial charge in [-0.1, -0.05) is 52.4 Å². The topological polar surface area (TPSA) is 44.3 Å². The largest absolute Gasteiger partial charge is 0.377 e. The van der Waals surface area contributed by atoms with Gasteiger partial charge in [0.15, 0.2) is 0 Å². The molecule has 2 saturated carbocycles. The van der Waals surface area contributed by atoms with E-state index in [0.29, 0.717) is 18.0 Å². The van der Waals surface area contributed by atoms with E-state index in [0.717, 1.165) is 12.5 Å². The molecule has 0 radical (unpaired) electrons. The van der Waals surface area contributed by atoms with E-state index >= 15 is 0 Å². The minimum atomic E-state index is -0.331. The average molecular weight is 296 g/mol. The van der Waals surface area contributed by atoms with Crippen molar-refractivity contribution in [3.05, 3.63) is 0 Å². The van der Waals surface area contributed by atoms with Gasteiger partial charge in [0.25, 0.3) is 0 Å². The summed E-state index contributed by atoms with van der Waals surface area (Å²) in [6, 6.07) is 0.886. The second kappa shape index (κ2) is 9.12. The van der Waals surface area contributed by atoms with Crippen LogP contribution < -0.4 is 10.6 Å². The maximum atomic E-state index is 10.3. The van der Waals surface area contributed by atoms with Gasteiger partial charge in [0.1, 0.15) is 6.23 Å². The normalized spacial score (nSPS) is 35.9. The summed E-state index contributed by atoms with van der Waals surface area (Å²) in [5.74, 6) is 1.52. The van der Waals surface area contributed by atoms with Crippen molar-refractivity contribution < 1.29 is 5.11 Å². The Morgan fingerprint density at radius 1 is 0.762 bits per heavy atom. The Balaban J connectivity index is 0.000000774. The number of piperazine rings is 1. The van der Waals surface area contributed by atoms with Gasteiger partial charge in [0.05, 0.1) is 0 Å². The van der Waals surface area contributed by atoms with Crippen LogP contribution in [0.1, 0.15) is 78.1 Å². The van der Waals surface area contributed by atoms with Gasteiger partial charge in [-0.05, 0) is 37.5 Å². The van der Waals surface area contributed by atoms with Gasteiger partial charge in [-0.2, -0.15) is 0 Å². The van der Waals surface area contributed by atoms with Crippen molar-refractivity contribution in [1.29, 1.82) is 0 Å². The van der Waals surface area contributed by atoms with Gasteiger partial charge in [-0.25, -0.2) is 0 Å². The number of hydrogen-bond acceptors (Lipinski definition) is 3. The lowest BCUT2D eigenvalue weighted by molar-refractivity contribution is 0.0138. The van der Waals surface area contributed by atoms with Crippen molar-refractivity contribution in [2.24, 2.45) is 11.8 Å². The molecule has 0 aromatic carbocycles. The van der Waals surface area contributed by atoms with Crippen LogP contribution in [-0.4, -0.2) is 30.0 Å². The first kappa shape index (κ1) is 17.2. The fraction of sp³-hybridized carbons (Fsp3) is 1.00. The second-order valence-corrected chi connectivity index (χ2v) is 6.95. The van der Waals surface area contributed by atoms with Crippen LogP contribution >= 0.6 is 0 Å². The minimum Gasteiger partial charge on any atom is -0.377 e. The molecule has 0 aromatic rings. The molecular weight excluding hydrogens is 260 g/mol. The summed E-state index contributed by atoms with van der Waals surface area (Å²) >= 11 is 0. The SMILES string of the molecule is CC.OC1NCC(C2CCCCC2)NC1C1CCCCC1. The third-order valence-electron chi connectivity index (χ3n) is 5.67. The van der Waals surface area contributed by atoms with Crippen molar-refractivity contribution in [2.45, 2.75) is 96.4 Å². The second-order valence-electron chi connectivity index (χ2n) is 6.95. The number of hydrogen-bond donors (Lipinski definition) is 3. The van der Waals surface area contributed by atoms with Gasteiger partial charge >= 0.3 is 0 Å². The lowest BCUT2D eigenvalue weighted by Gasteiger charge is -2.44. The van der Waals surface area contributed by atoms with Crippen LogP contribution in [0.15, 0.2) is 0 Å². The highest BCUT2D eigenvalue weighted by Gasteiger charge is 2.37. The summed E-state index contributed by atoms with van der Waals surface area (Å²) in [7, 11) is 0. The summed E-state index contributed by atoms with van der Waals surface area (Å²) in [4.78, 5) is 0. The molecule has 3 unspecified atom stereocenters. The van der Waals surface area contributed by atoms with E-state index in [-0.39, 0.29) is 6.23 Å². The van der Waals surface area contributed by atoms with Crippen LogP contribution in [0.4, 0.5) is 0 Å². The van der Waals surface area contributed by atoms with Crippen LogP contribution in [0.5, 0.6) is 0 Å². The third-order valence-corrected chi connectivity index (χ3v) is 5.67. The van der Waals surface area contributed by atoms with Crippen LogP contribution in [0.25, 0.3) is 0 Å². The Morgan fingerprint density at radius 3 is 1.86 bits per heavy atom. The molecule has 0 amide bonds. The summed E-state index contributed by atoms with van der Waals surface area (Å²) in [5, 5.41) is 17.5. The fourth-order valence-electron chi connectivity index (χ4n) is 4.50. The monoisotopic (exact) mass is 296 g/mol. The summed E-state index contributed by atoms with van der Waals surface area (Å²) < 4.78 is 0. The van der Waals surface area contributed by atoms with Crippen molar-refractivity contribution in [3.63, 3.8) is 0 Å². The molecule has 0 aromatic heterocycles. The molecule has 1 aliphatic heterocycles. The van der Waals surface area contributed by atoms with Gasteiger partial charge in [0.2, 0.25) is 0 Å². The van der Waals surface area contributed by atoms with Crippen molar-refractivity contribution >= 4 is 0 Å². The van der Waals surface area contributed by atoms with Crippen molar-refractivity contribution in [1.82, 2.24) is 10.6 Å². The van der Waals surface area contributed by atoms with E-state index in [1.165, 1.54) is 64.2 Å².